The van der Waals surface area contributed by atoms with Crippen LogP contribution in [0.3, 0.4) is 0 Å². The number of H-pyrrole nitrogens is 2. The van der Waals surface area contributed by atoms with Gasteiger partial charge in [-0.2, -0.15) is 0 Å². The summed E-state index contributed by atoms with van der Waals surface area (Å²) in [5.74, 6) is 0. The molecule has 2 rings (SSSR count). The van der Waals surface area contributed by atoms with E-state index in [1.54, 1.807) is 18.3 Å². The summed E-state index contributed by atoms with van der Waals surface area (Å²) in [4.78, 5) is 20.4. The lowest BCUT2D eigenvalue weighted by Crippen LogP contribution is -2.08. The van der Waals surface area contributed by atoms with Gasteiger partial charge in [-0.05, 0) is 24.4 Å². The fourth-order valence-electron chi connectivity index (χ4n) is 1.00. The molecule has 0 radical (unpaired) electrons. The molecule has 0 aromatic carbocycles. The number of nitrogens with zero attached hydrogens (tertiary/aromatic N) is 1. The van der Waals surface area contributed by atoms with Gasteiger partial charge in [0.1, 0.15) is 0 Å². The van der Waals surface area contributed by atoms with Gasteiger partial charge in [-0.1, -0.05) is 0 Å². The van der Waals surface area contributed by atoms with Crippen LogP contribution < -0.4 is 5.56 Å². The van der Waals surface area contributed by atoms with Gasteiger partial charge in [0, 0.05) is 6.20 Å². The van der Waals surface area contributed by atoms with E-state index >= 15 is 0 Å². The minimum Gasteiger partial charge on any atom is -0.330 e. The fraction of sp³-hybridized carbons (Fsp3) is 0. The highest BCUT2D eigenvalue weighted by Crippen LogP contribution is 1.99. The monoisotopic (exact) mass is 179 g/mol. The maximum absolute atomic E-state index is 11.2. The quantitative estimate of drug-likeness (QED) is 0.592. The van der Waals surface area contributed by atoms with Crippen LogP contribution in [-0.4, -0.2) is 15.0 Å². The zero-order valence-electron chi connectivity index (χ0n) is 6.00. The number of fused-ring (bicyclic) bond motifs is 1. The van der Waals surface area contributed by atoms with Gasteiger partial charge in [-0.3, -0.25) is 9.78 Å². The predicted molar refractivity (Wildman–Crippen MR) is 47.5 cm³/mol. The molecular formula is C7H5N3OS. The average Bonchev–Trinajstić information content (AvgIpc) is 2.04. The van der Waals surface area contributed by atoms with Gasteiger partial charge in [-0.15, -0.1) is 0 Å². The molecule has 4 nitrogen and oxygen atoms in total. The highest BCUT2D eigenvalue weighted by Gasteiger charge is 1.96. The first-order valence-electron chi connectivity index (χ1n) is 3.35. The van der Waals surface area contributed by atoms with Crippen LogP contribution >= 0.6 is 12.2 Å². The molecule has 60 valence electrons. The van der Waals surface area contributed by atoms with Gasteiger partial charge < -0.3 is 4.98 Å². The van der Waals surface area contributed by atoms with E-state index in [0.29, 0.717) is 15.8 Å². The topological polar surface area (TPSA) is 61.5 Å². The molecule has 2 aromatic rings. The SMILES string of the molecule is O=c1[nH]c(=S)[nH]c2cccnc12. The van der Waals surface area contributed by atoms with Crippen molar-refractivity contribution in [3.8, 4) is 0 Å². The number of hydrogen-bond acceptors (Lipinski definition) is 3. The summed E-state index contributed by atoms with van der Waals surface area (Å²) < 4.78 is 0.320. The van der Waals surface area contributed by atoms with E-state index in [2.05, 4.69) is 15.0 Å². The molecule has 0 amide bonds. The Bertz CT molecular complexity index is 528. The van der Waals surface area contributed by atoms with Gasteiger partial charge in [0.05, 0.1) is 5.52 Å². The normalized spacial score (nSPS) is 10.3. The average molecular weight is 179 g/mol. The highest BCUT2D eigenvalue weighted by molar-refractivity contribution is 7.71. The standard InChI is InChI=1S/C7H5N3OS/c11-6-5-4(2-1-3-8-5)9-7(12)10-6/h1-3H,(H2,9,10,11,12). The minimum atomic E-state index is -0.255. The van der Waals surface area contributed by atoms with E-state index in [1.807, 2.05) is 0 Å². The van der Waals surface area contributed by atoms with Gasteiger partial charge in [-0.25, -0.2) is 4.98 Å². The second kappa shape index (κ2) is 2.53. The summed E-state index contributed by atoms with van der Waals surface area (Å²) in [6, 6.07) is 3.50. The Morgan fingerprint density at radius 1 is 1.42 bits per heavy atom. The van der Waals surface area contributed by atoms with Crippen LogP contribution in [0.1, 0.15) is 0 Å². The Hall–Kier alpha value is -1.49. The number of hydrogen-bond donors (Lipinski definition) is 2. The summed E-state index contributed by atoms with van der Waals surface area (Å²) >= 11 is 4.79. The molecule has 0 atom stereocenters. The second-order valence-electron chi connectivity index (χ2n) is 2.31. The number of pyridine rings is 1. The van der Waals surface area contributed by atoms with E-state index < -0.39 is 0 Å². The van der Waals surface area contributed by atoms with Crippen molar-refractivity contribution in [1.29, 1.82) is 0 Å². The Kier molecular flexibility index (Phi) is 1.51. The lowest BCUT2D eigenvalue weighted by atomic mass is 10.4. The molecule has 5 heteroatoms. The van der Waals surface area contributed by atoms with Crippen molar-refractivity contribution >= 4 is 23.3 Å². The number of aromatic nitrogens is 3. The molecule has 2 aromatic heterocycles. The molecule has 0 spiro atoms. The Morgan fingerprint density at radius 2 is 2.25 bits per heavy atom. The lowest BCUT2D eigenvalue weighted by molar-refractivity contribution is 1.12. The largest absolute Gasteiger partial charge is 0.330 e. The van der Waals surface area contributed by atoms with Crippen molar-refractivity contribution < 1.29 is 0 Å². The summed E-state index contributed by atoms with van der Waals surface area (Å²) in [6.07, 6.45) is 1.56. The zero-order chi connectivity index (χ0) is 8.55. The molecule has 0 aliphatic rings. The summed E-state index contributed by atoms with van der Waals surface area (Å²) in [7, 11) is 0. The minimum absolute atomic E-state index is 0.255. The molecule has 0 aliphatic carbocycles. The molecule has 12 heavy (non-hydrogen) atoms. The van der Waals surface area contributed by atoms with Crippen molar-refractivity contribution in [2.75, 3.05) is 0 Å². The zero-order valence-corrected chi connectivity index (χ0v) is 6.81. The van der Waals surface area contributed by atoms with E-state index in [-0.39, 0.29) is 5.56 Å². The van der Waals surface area contributed by atoms with Gasteiger partial charge in [0.15, 0.2) is 10.3 Å². The van der Waals surface area contributed by atoms with E-state index in [9.17, 15) is 4.79 Å². The van der Waals surface area contributed by atoms with E-state index in [4.69, 9.17) is 12.2 Å². The molecule has 2 N–H and O–H groups in total. The second-order valence-corrected chi connectivity index (χ2v) is 2.72. The summed E-state index contributed by atoms with van der Waals surface area (Å²) in [5.41, 5.74) is 0.784. The van der Waals surface area contributed by atoms with Crippen LogP contribution in [0.15, 0.2) is 23.1 Å². The van der Waals surface area contributed by atoms with Crippen LogP contribution in [0.2, 0.25) is 0 Å². The van der Waals surface area contributed by atoms with Crippen molar-refractivity contribution in [2.45, 2.75) is 0 Å². The van der Waals surface area contributed by atoms with Crippen LogP contribution in [0.25, 0.3) is 11.0 Å². The van der Waals surface area contributed by atoms with Crippen LogP contribution in [-0.2, 0) is 0 Å². The molecule has 0 fully saturated rings. The smallest absolute Gasteiger partial charge is 0.278 e. The van der Waals surface area contributed by atoms with Gasteiger partial charge >= 0.3 is 0 Å². The van der Waals surface area contributed by atoms with Gasteiger partial charge in [0.2, 0.25) is 0 Å². The maximum Gasteiger partial charge on any atom is 0.278 e. The molecule has 2 heterocycles. The van der Waals surface area contributed by atoms with Crippen molar-refractivity contribution in [3.05, 3.63) is 33.5 Å². The first-order valence-corrected chi connectivity index (χ1v) is 3.75. The number of rotatable bonds is 0. The van der Waals surface area contributed by atoms with Crippen molar-refractivity contribution in [2.24, 2.45) is 0 Å². The molecule has 0 saturated heterocycles. The van der Waals surface area contributed by atoms with Crippen molar-refractivity contribution in [1.82, 2.24) is 15.0 Å². The molecule has 0 unspecified atom stereocenters. The first kappa shape index (κ1) is 7.17. The molecule has 0 bridgehead atoms. The third kappa shape index (κ3) is 1.04. The first-order chi connectivity index (χ1) is 5.77. The van der Waals surface area contributed by atoms with Crippen molar-refractivity contribution in [3.63, 3.8) is 0 Å². The summed E-state index contributed by atoms with van der Waals surface area (Å²) in [6.45, 7) is 0. The van der Waals surface area contributed by atoms with Crippen LogP contribution in [0, 0.1) is 4.77 Å². The molecular weight excluding hydrogens is 174 g/mol. The van der Waals surface area contributed by atoms with Gasteiger partial charge in [0.25, 0.3) is 5.56 Å². The predicted octanol–water partition coefficient (Wildman–Crippen LogP) is 0.981. The molecule has 0 saturated carbocycles. The lowest BCUT2D eigenvalue weighted by Gasteiger charge is -1.93. The van der Waals surface area contributed by atoms with Crippen LogP contribution in [0.5, 0.6) is 0 Å². The Morgan fingerprint density at radius 3 is 3.08 bits per heavy atom. The fourth-order valence-corrected chi connectivity index (χ4v) is 1.21. The Labute approximate surface area is 72.3 Å². The third-order valence-corrected chi connectivity index (χ3v) is 1.70. The Balaban J connectivity index is 3.09. The van der Waals surface area contributed by atoms with Crippen LogP contribution in [0.4, 0.5) is 0 Å². The van der Waals surface area contributed by atoms with E-state index in [1.165, 1.54) is 0 Å². The maximum atomic E-state index is 11.2. The number of aromatic amines is 2. The highest BCUT2D eigenvalue weighted by atomic mass is 32.1. The molecule has 0 aliphatic heterocycles. The third-order valence-electron chi connectivity index (χ3n) is 1.50. The number of nitrogens with one attached hydrogen (secondary N) is 2. The summed E-state index contributed by atoms with van der Waals surface area (Å²) in [5, 5.41) is 0. The van der Waals surface area contributed by atoms with E-state index in [0.717, 1.165) is 0 Å².